The van der Waals surface area contributed by atoms with Crippen LogP contribution in [-0.4, -0.2) is 17.8 Å². The van der Waals surface area contributed by atoms with E-state index in [4.69, 9.17) is 4.74 Å². The molecular weight excluding hydrogens is 164 g/mol. The summed E-state index contributed by atoms with van der Waals surface area (Å²) in [6, 6.07) is 0. The lowest BCUT2D eigenvalue weighted by Gasteiger charge is -2.27. The van der Waals surface area contributed by atoms with Gasteiger partial charge in [-0.25, -0.2) is 0 Å². The molecule has 0 saturated heterocycles. The highest BCUT2D eigenvalue weighted by Crippen LogP contribution is 2.25. The third kappa shape index (κ3) is 4.13. The average molecular weight is 184 g/mol. The molecule has 0 aliphatic heterocycles. The van der Waals surface area contributed by atoms with Crippen molar-refractivity contribution in [2.75, 3.05) is 6.61 Å². The summed E-state index contributed by atoms with van der Waals surface area (Å²) >= 11 is 0. The molecule has 0 aromatic rings. The molecule has 0 fully saturated rings. The lowest BCUT2D eigenvalue weighted by Crippen LogP contribution is -2.29. The first-order chi connectivity index (χ1) is 5.93. The van der Waals surface area contributed by atoms with Crippen LogP contribution in [0.2, 0.25) is 0 Å². The maximum absolute atomic E-state index is 9.87. The number of aliphatic hydroxyl groups excluding tert-OH is 1. The van der Waals surface area contributed by atoms with Gasteiger partial charge in [-0.2, -0.15) is 0 Å². The average Bonchev–Trinajstić information content (AvgIpc) is 2.01. The van der Waals surface area contributed by atoms with E-state index in [-0.39, 0.29) is 5.41 Å². The fourth-order valence-corrected chi connectivity index (χ4v) is 0.928. The van der Waals surface area contributed by atoms with Crippen molar-refractivity contribution in [3.63, 3.8) is 0 Å². The number of hydrogen-bond donors (Lipinski definition) is 1. The molecule has 0 bridgehead atoms. The minimum absolute atomic E-state index is 0.204. The van der Waals surface area contributed by atoms with Gasteiger partial charge in [0.15, 0.2) is 0 Å². The second kappa shape index (κ2) is 5.07. The molecule has 0 amide bonds. The van der Waals surface area contributed by atoms with Crippen LogP contribution in [0.25, 0.3) is 0 Å². The zero-order valence-electron chi connectivity index (χ0n) is 9.00. The first kappa shape index (κ1) is 12.2. The molecule has 2 heteroatoms. The van der Waals surface area contributed by atoms with Crippen LogP contribution in [0.3, 0.4) is 0 Å². The molecule has 0 radical (unpaired) electrons. The van der Waals surface area contributed by atoms with Crippen molar-refractivity contribution >= 4 is 0 Å². The summed E-state index contributed by atoms with van der Waals surface area (Å²) < 4.78 is 5.31. The molecule has 76 valence electrons. The largest absolute Gasteiger partial charge is 0.495 e. The highest BCUT2D eigenvalue weighted by atomic mass is 16.5. The molecule has 2 nitrogen and oxygen atoms in total. The third-order valence-electron chi connectivity index (χ3n) is 1.68. The summed E-state index contributed by atoms with van der Waals surface area (Å²) in [5, 5.41) is 9.87. The fourth-order valence-electron chi connectivity index (χ4n) is 0.928. The van der Waals surface area contributed by atoms with E-state index >= 15 is 0 Å². The first-order valence-electron chi connectivity index (χ1n) is 4.57. The Bertz CT molecular complexity index is 187. The van der Waals surface area contributed by atoms with E-state index in [9.17, 15) is 5.11 Å². The molecule has 13 heavy (non-hydrogen) atoms. The highest BCUT2D eigenvalue weighted by molar-refractivity contribution is 5.11. The van der Waals surface area contributed by atoms with Gasteiger partial charge in [0.25, 0.3) is 0 Å². The van der Waals surface area contributed by atoms with Crippen molar-refractivity contribution in [3.05, 3.63) is 24.5 Å². The standard InChI is InChI=1S/C11H20O2/c1-6-8-9(13-7-2)10(12)11(3,4)5/h6,8,10,12H,1,7H2,2-5H3/b9-8+. The zero-order chi connectivity index (χ0) is 10.5. The van der Waals surface area contributed by atoms with E-state index in [1.54, 1.807) is 12.2 Å². The summed E-state index contributed by atoms with van der Waals surface area (Å²) in [4.78, 5) is 0. The predicted molar refractivity (Wildman–Crippen MR) is 55.4 cm³/mol. The van der Waals surface area contributed by atoms with Crippen LogP contribution >= 0.6 is 0 Å². The Morgan fingerprint density at radius 3 is 2.38 bits per heavy atom. The minimum atomic E-state index is -0.578. The number of hydrogen-bond acceptors (Lipinski definition) is 2. The van der Waals surface area contributed by atoms with E-state index in [0.717, 1.165) is 0 Å². The second-order valence-corrected chi connectivity index (χ2v) is 4.01. The Labute approximate surface area is 80.9 Å². The Morgan fingerprint density at radius 1 is 1.54 bits per heavy atom. The lowest BCUT2D eigenvalue weighted by molar-refractivity contribution is 0.0348. The smallest absolute Gasteiger partial charge is 0.125 e. The molecular formula is C11H20O2. The summed E-state index contributed by atoms with van der Waals surface area (Å²) in [7, 11) is 0. The van der Waals surface area contributed by atoms with Crippen LogP contribution in [-0.2, 0) is 4.74 Å². The van der Waals surface area contributed by atoms with Crippen LogP contribution < -0.4 is 0 Å². The van der Waals surface area contributed by atoms with Crippen LogP contribution in [0.5, 0.6) is 0 Å². The SMILES string of the molecule is C=C/C=C(/OCC)C(O)C(C)(C)C. The summed E-state index contributed by atoms with van der Waals surface area (Å²) in [6.07, 6.45) is 2.75. The fraction of sp³-hybridized carbons (Fsp3) is 0.636. The normalized spacial score (nSPS) is 15.3. The van der Waals surface area contributed by atoms with Gasteiger partial charge in [0, 0.05) is 0 Å². The molecule has 1 unspecified atom stereocenters. The maximum Gasteiger partial charge on any atom is 0.125 e. The van der Waals surface area contributed by atoms with Gasteiger partial charge in [-0.05, 0) is 18.4 Å². The lowest BCUT2D eigenvalue weighted by atomic mass is 9.88. The molecule has 0 rings (SSSR count). The van der Waals surface area contributed by atoms with E-state index < -0.39 is 6.10 Å². The van der Waals surface area contributed by atoms with Gasteiger partial charge in [0.2, 0.25) is 0 Å². The van der Waals surface area contributed by atoms with E-state index in [2.05, 4.69) is 6.58 Å². The van der Waals surface area contributed by atoms with Crippen molar-refractivity contribution in [3.8, 4) is 0 Å². The molecule has 0 aliphatic rings. The predicted octanol–water partition coefficient (Wildman–Crippen LogP) is 2.50. The van der Waals surface area contributed by atoms with Crippen molar-refractivity contribution in [1.29, 1.82) is 0 Å². The number of aliphatic hydroxyl groups is 1. The molecule has 1 atom stereocenters. The van der Waals surface area contributed by atoms with Gasteiger partial charge in [0.1, 0.15) is 11.9 Å². The Balaban J connectivity index is 4.55. The Kier molecular flexibility index (Phi) is 4.78. The van der Waals surface area contributed by atoms with E-state index in [1.807, 2.05) is 27.7 Å². The Hall–Kier alpha value is -0.760. The van der Waals surface area contributed by atoms with Gasteiger partial charge >= 0.3 is 0 Å². The van der Waals surface area contributed by atoms with E-state index in [0.29, 0.717) is 12.4 Å². The minimum Gasteiger partial charge on any atom is -0.495 e. The topological polar surface area (TPSA) is 29.5 Å². The number of allylic oxidation sites excluding steroid dienone is 2. The highest BCUT2D eigenvalue weighted by Gasteiger charge is 2.26. The summed E-state index contributed by atoms with van der Waals surface area (Å²) in [6.45, 7) is 11.9. The zero-order valence-corrected chi connectivity index (χ0v) is 9.00. The molecule has 0 spiro atoms. The van der Waals surface area contributed by atoms with Gasteiger partial charge in [-0.1, -0.05) is 33.4 Å². The van der Waals surface area contributed by atoms with E-state index in [1.165, 1.54) is 0 Å². The van der Waals surface area contributed by atoms with Crippen LogP contribution in [0, 0.1) is 5.41 Å². The maximum atomic E-state index is 9.87. The molecule has 0 heterocycles. The van der Waals surface area contributed by atoms with Crippen LogP contribution in [0.1, 0.15) is 27.7 Å². The molecule has 0 aromatic heterocycles. The number of rotatable bonds is 4. The quantitative estimate of drug-likeness (QED) is 0.537. The first-order valence-corrected chi connectivity index (χ1v) is 4.57. The molecule has 0 aliphatic carbocycles. The number of ether oxygens (including phenoxy) is 1. The van der Waals surface area contributed by atoms with Gasteiger partial charge in [-0.15, -0.1) is 0 Å². The third-order valence-corrected chi connectivity index (χ3v) is 1.68. The van der Waals surface area contributed by atoms with Gasteiger partial charge < -0.3 is 9.84 Å². The van der Waals surface area contributed by atoms with Crippen LogP contribution in [0.15, 0.2) is 24.5 Å². The van der Waals surface area contributed by atoms with Crippen molar-refractivity contribution in [2.24, 2.45) is 5.41 Å². The van der Waals surface area contributed by atoms with Crippen molar-refractivity contribution in [1.82, 2.24) is 0 Å². The summed E-state index contributed by atoms with van der Waals surface area (Å²) in [5.41, 5.74) is -0.204. The molecule has 1 N–H and O–H groups in total. The van der Waals surface area contributed by atoms with Crippen molar-refractivity contribution in [2.45, 2.75) is 33.8 Å². The van der Waals surface area contributed by atoms with Gasteiger partial charge in [0.05, 0.1) is 6.61 Å². The molecule has 0 aromatic carbocycles. The van der Waals surface area contributed by atoms with Crippen molar-refractivity contribution < 1.29 is 9.84 Å². The molecule has 0 saturated carbocycles. The Morgan fingerprint density at radius 2 is 2.08 bits per heavy atom. The second-order valence-electron chi connectivity index (χ2n) is 4.01. The van der Waals surface area contributed by atoms with Crippen LogP contribution in [0.4, 0.5) is 0 Å². The van der Waals surface area contributed by atoms with Gasteiger partial charge in [-0.3, -0.25) is 0 Å². The summed E-state index contributed by atoms with van der Waals surface area (Å²) in [5.74, 6) is 0.588. The monoisotopic (exact) mass is 184 g/mol.